The molecular formula is C9H11BrO. The third kappa shape index (κ3) is 2.93. The maximum Gasteiger partial charge on any atom is 0.120 e. The zero-order valence-corrected chi connectivity index (χ0v) is 8.26. The predicted octanol–water partition coefficient (Wildman–Crippen LogP) is 3.24. The van der Waals surface area contributed by atoms with Crippen LogP contribution >= 0.6 is 15.9 Å². The lowest BCUT2D eigenvalue weighted by molar-refractivity contribution is 0.242. The number of rotatable bonds is 2. The summed E-state index contributed by atoms with van der Waals surface area (Å²) in [4.78, 5) is 0. The van der Waals surface area contributed by atoms with Crippen LogP contribution in [0.5, 0.6) is 5.75 Å². The molecule has 1 aromatic rings. The Morgan fingerprint density at radius 1 is 1.36 bits per heavy atom. The fourth-order valence-corrected chi connectivity index (χ4v) is 1.19. The fourth-order valence-electron chi connectivity index (χ4n) is 0.812. The van der Waals surface area contributed by atoms with Gasteiger partial charge in [0, 0.05) is 4.47 Å². The Bertz CT molecular complexity index is 233. The van der Waals surface area contributed by atoms with Crippen LogP contribution < -0.4 is 4.74 Å². The van der Waals surface area contributed by atoms with Gasteiger partial charge in [-0.3, -0.25) is 0 Å². The Labute approximate surface area is 75.5 Å². The van der Waals surface area contributed by atoms with E-state index in [1.165, 1.54) is 0 Å². The van der Waals surface area contributed by atoms with Gasteiger partial charge in [0.2, 0.25) is 0 Å². The Hall–Kier alpha value is -0.500. The van der Waals surface area contributed by atoms with Crippen molar-refractivity contribution in [3.05, 3.63) is 28.7 Å². The summed E-state index contributed by atoms with van der Waals surface area (Å²) in [5.74, 6) is 0.911. The van der Waals surface area contributed by atoms with Crippen LogP contribution in [-0.4, -0.2) is 6.10 Å². The number of ether oxygens (including phenoxy) is 1. The van der Waals surface area contributed by atoms with Crippen LogP contribution in [0.3, 0.4) is 0 Å². The van der Waals surface area contributed by atoms with Crippen molar-refractivity contribution < 1.29 is 4.74 Å². The van der Waals surface area contributed by atoms with Crippen LogP contribution in [0.4, 0.5) is 0 Å². The molecule has 0 aliphatic heterocycles. The summed E-state index contributed by atoms with van der Waals surface area (Å²) in [6, 6.07) is 7.85. The molecule has 1 rings (SSSR count). The van der Waals surface area contributed by atoms with Gasteiger partial charge < -0.3 is 4.74 Å². The van der Waals surface area contributed by atoms with Crippen LogP contribution in [0.1, 0.15) is 13.8 Å². The number of hydrogen-bond acceptors (Lipinski definition) is 1. The fraction of sp³-hybridized carbons (Fsp3) is 0.333. The molecule has 11 heavy (non-hydrogen) atoms. The molecule has 0 heterocycles. The van der Waals surface area contributed by atoms with E-state index >= 15 is 0 Å². The highest BCUT2D eigenvalue weighted by Gasteiger charge is 1.96. The summed E-state index contributed by atoms with van der Waals surface area (Å²) in [6.45, 7) is 4.03. The summed E-state index contributed by atoms with van der Waals surface area (Å²) in [5, 5.41) is 0. The quantitative estimate of drug-likeness (QED) is 0.735. The first-order chi connectivity index (χ1) is 5.18. The minimum Gasteiger partial charge on any atom is -0.491 e. The molecule has 0 unspecified atom stereocenters. The lowest BCUT2D eigenvalue weighted by atomic mass is 10.3. The molecule has 0 amide bonds. The van der Waals surface area contributed by atoms with E-state index in [0.29, 0.717) is 0 Å². The summed E-state index contributed by atoms with van der Waals surface area (Å²) >= 11 is 3.37. The van der Waals surface area contributed by atoms with Gasteiger partial charge >= 0.3 is 0 Å². The summed E-state index contributed by atoms with van der Waals surface area (Å²) in [6.07, 6.45) is 0.240. The van der Waals surface area contributed by atoms with Gasteiger partial charge in [0.25, 0.3) is 0 Å². The highest BCUT2D eigenvalue weighted by molar-refractivity contribution is 9.10. The standard InChI is InChI=1S/C9H11BrO/c1-7(2)11-9-5-3-4-8(10)6-9/h3-7H,1-2H3. The topological polar surface area (TPSA) is 9.23 Å². The smallest absolute Gasteiger partial charge is 0.120 e. The van der Waals surface area contributed by atoms with Crippen LogP contribution in [0.2, 0.25) is 0 Å². The van der Waals surface area contributed by atoms with E-state index in [0.717, 1.165) is 10.2 Å². The maximum absolute atomic E-state index is 5.46. The molecule has 0 aliphatic carbocycles. The minimum atomic E-state index is 0.240. The highest BCUT2D eigenvalue weighted by atomic mass is 79.9. The molecule has 60 valence electrons. The first-order valence-corrected chi connectivity index (χ1v) is 4.40. The van der Waals surface area contributed by atoms with E-state index in [4.69, 9.17) is 4.74 Å². The van der Waals surface area contributed by atoms with Crippen molar-refractivity contribution in [3.8, 4) is 5.75 Å². The van der Waals surface area contributed by atoms with Crippen LogP contribution in [0, 0.1) is 0 Å². The monoisotopic (exact) mass is 214 g/mol. The normalized spacial score (nSPS) is 10.2. The van der Waals surface area contributed by atoms with Gasteiger partial charge in [-0.15, -0.1) is 0 Å². The van der Waals surface area contributed by atoms with Gasteiger partial charge in [-0.2, -0.15) is 0 Å². The van der Waals surface area contributed by atoms with Crippen molar-refractivity contribution in [2.24, 2.45) is 0 Å². The van der Waals surface area contributed by atoms with E-state index in [-0.39, 0.29) is 6.10 Å². The van der Waals surface area contributed by atoms with Crippen molar-refractivity contribution in [1.82, 2.24) is 0 Å². The molecular weight excluding hydrogens is 204 g/mol. The lowest BCUT2D eigenvalue weighted by Crippen LogP contribution is -2.04. The summed E-state index contributed by atoms with van der Waals surface area (Å²) in [5.41, 5.74) is 0. The molecule has 0 saturated heterocycles. The van der Waals surface area contributed by atoms with Gasteiger partial charge in [0.1, 0.15) is 5.75 Å². The molecule has 0 radical (unpaired) electrons. The van der Waals surface area contributed by atoms with Crippen LogP contribution in [0.25, 0.3) is 0 Å². The second-order valence-electron chi connectivity index (χ2n) is 2.62. The van der Waals surface area contributed by atoms with Gasteiger partial charge in [-0.05, 0) is 32.0 Å². The molecule has 0 aliphatic rings. The number of benzene rings is 1. The molecule has 0 fully saturated rings. The Morgan fingerprint density at radius 3 is 2.64 bits per heavy atom. The van der Waals surface area contributed by atoms with Crippen molar-refractivity contribution in [2.75, 3.05) is 0 Å². The third-order valence-electron chi connectivity index (χ3n) is 1.17. The molecule has 1 aromatic carbocycles. The van der Waals surface area contributed by atoms with E-state index in [2.05, 4.69) is 15.9 Å². The van der Waals surface area contributed by atoms with Gasteiger partial charge in [-0.25, -0.2) is 0 Å². The van der Waals surface area contributed by atoms with Crippen molar-refractivity contribution >= 4 is 15.9 Å². The minimum absolute atomic E-state index is 0.240. The zero-order valence-electron chi connectivity index (χ0n) is 6.67. The first kappa shape index (κ1) is 8.60. The maximum atomic E-state index is 5.46. The van der Waals surface area contributed by atoms with E-state index < -0.39 is 0 Å². The zero-order chi connectivity index (χ0) is 8.27. The van der Waals surface area contributed by atoms with Gasteiger partial charge in [0.15, 0.2) is 0 Å². The summed E-state index contributed by atoms with van der Waals surface area (Å²) < 4.78 is 6.52. The highest BCUT2D eigenvalue weighted by Crippen LogP contribution is 2.18. The number of hydrogen-bond donors (Lipinski definition) is 0. The molecule has 0 N–H and O–H groups in total. The van der Waals surface area contributed by atoms with Gasteiger partial charge in [0.05, 0.1) is 6.10 Å². The molecule has 0 saturated carbocycles. The molecule has 1 nitrogen and oxygen atoms in total. The lowest BCUT2D eigenvalue weighted by Gasteiger charge is -2.08. The molecule has 2 heteroatoms. The second-order valence-corrected chi connectivity index (χ2v) is 3.54. The molecule has 0 bridgehead atoms. The second kappa shape index (κ2) is 3.77. The molecule has 0 atom stereocenters. The first-order valence-electron chi connectivity index (χ1n) is 3.60. The largest absolute Gasteiger partial charge is 0.491 e. The van der Waals surface area contributed by atoms with Crippen molar-refractivity contribution in [3.63, 3.8) is 0 Å². The van der Waals surface area contributed by atoms with Crippen molar-refractivity contribution in [2.45, 2.75) is 20.0 Å². The molecule has 0 spiro atoms. The van der Waals surface area contributed by atoms with Crippen molar-refractivity contribution in [1.29, 1.82) is 0 Å². The Kier molecular flexibility index (Phi) is 2.94. The van der Waals surface area contributed by atoms with Crippen LogP contribution in [-0.2, 0) is 0 Å². The SMILES string of the molecule is CC(C)Oc1cccc(Br)c1. The number of halogens is 1. The summed E-state index contributed by atoms with van der Waals surface area (Å²) in [7, 11) is 0. The predicted molar refractivity (Wildman–Crippen MR) is 49.9 cm³/mol. The van der Waals surface area contributed by atoms with E-state index in [9.17, 15) is 0 Å². The van der Waals surface area contributed by atoms with E-state index in [1.807, 2.05) is 38.1 Å². The third-order valence-corrected chi connectivity index (χ3v) is 1.66. The average Bonchev–Trinajstić information content (AvgIpc) is 1.85. The molecule has 0 aromatic heterocycles. The van der Waals surface area contributed by atoms with E-state index in [1.54, 1.807) is 0 Å². The Morgan fingerprint density at radius 2 is 2.09 bits per heavy atom. The Balaban J connectivity index is 2.71. The van der Waals surface area contributed by atoms with Crippen LogP contribution in [0.15, 0.2) is 28.7 Å². The van der Waals surface area contributed by atoms with Gasteiger partial charge in [-0.1, -0.05) is 22.0 Å². The average molecular weight is 215 g/mol.